The van der Waals surface area contributed by atoms with Crippen molar-refractivity contribution < 1.29 is 14.3 Å². The second-order valence-corrected chi connectivity index (χ2v) is 9.13. The maximum absolute atomic E-state index is 12.4. The molecule has 1 N–H and O–H groups in total. The molecule has 1 aromatic heterocycles. The third-order valence-corrected chi connectivity index (χ3v) is 6.42. The zero-order valence-electron chi connectivity index (χ0n) is 16.0. The van der Waals surface area contributed by atoms with Crippen molar-refractivity contribution in [3.63, 3.8) is 0 Å². The number of hydrogen-bond donors (Lipinski definition) is 1. The molecular formula is C22H27NO3S. The Bertz CT molecular complexity index is 807. The van der Waals surface area contributed by atoms with Crippen LogP contribution < -0.4 is 14.8 Å². The van der Waals surface area contributed by atoms with Crippen LogP contribution in [0.3, 0.4) is 0 Å². The monoisotopic (exact) mass is 385 g/mol. The van der Waals surface area contributed by atoms with Crippen molar-refractivity contribution in [2.75, 3.05) is 13.2 Å². The standard InChI is InChI=1S/C22H27NO3S/c1-21(2)12-16-6-5-7-18(20(16)26-21)25-13-19(24)23-15-22(9-3-4-10-22)17-8-11-27-14-17/h5-8,11,14H,3-4,9-10,12-13,15H2,1-2H3,(H,23,24). The molecule has 1 amide bonds. The summed E-state index contributed by atoms with van der Waals surface area (Å²) in [6.45, 7) is 4.83. The fourth-order valence-electron chi connectivity index (χ4n) is 4.35. The minimum absolute atomic E-state index is 0.0138. The zero-order chi connectivity index (χ0) is 18.9. The summed E-state index contributed by atoms with van der Waals surface area (Å²) in [6.07, 6.45) is 5.59. The Morgan fingerprint density at radius 3 is 2.81 bits per heavy atom. The molecule has 1 aromatic carbocycles. The van der Waals surface area contributed by atoms with E-state index in [0.717, 1.165) is 30.6 Å². The molecular weight excluding hydrogens is 358 g/mol. The number of rotatable bonds is 6. The smallest absolute Gasteiger partial charge is 0.257 e. The van der Waals surface area contributed by atoms with Crippen LogP contribution in [0.1, 0.15) is 50.7 Å². The van der Waals surface area contributed by atoms with Crippen LogP contribution in [0.2, 0.25) is 0 Å². The summed E-state index contributed by atoms with van der Waals surface area (Å²) in [7, 11) is 0. The summed E-state index contributed by atoms with van der Waals surface area (Å²) in [5.41, 5.74) is 2.37. The van der Waals surface area contributed by atoms with Gasteiger partial charge in [-0.05, 0) is 55.1 Å². The van der Waals surface area contributed by atoms with Gasteiger partial charge in [0.25, 0.3) is 5.91 Å². The zero-order valence-corrected chi connectivity index (χ0v) is 16.9. The van der Waals surface area contributed by atoms with E-state index in [0.29, 0.717) is 12.3 Å². The first kappa shape index (κ1) is 18.4. The number of fused-ring (bicyclic) bond motifs is 1. The molecule has 4 rings (SSSR count). The van der Waals surface area contributed by atoms with E-state index in [1.165, 1.54) is 18.4 Å². The normalized spacial score (nSPS) is 19.3. The molecule has 0 unspecified atom stereocenters. The molecule has 0 spiro atoms. The molecule has 2 heterocycles. The first-order valence-corrected chi connectivity index (χ1v) is 10.6. The molecule has 144 valence electrons. The molecule has 0 bridgehead atoms. The fourth-order valence-corrected chi connectivity index (χ4v) is 5.13. The van der Waals surface area contributed by atoms with Crippen LogP contribution in [0.4, 0.5) is 0 Å². The van der Waals surface area contributed by atoms with E-state index < -0.39 is 0 Å². The van der Waals surface area contributed by atoms with Gasteiger partial charge >= 0.3 is 0 Å². The topological polar surface area (TPSA) is 47.6 Å². The average Bonchev–Trinajstić information content (AvgIpc) is 3.36. The Kier molecular flexibility index (Phi) is 4.89. The van der Waals surface area contributed by atoms with Crippen LogP contribution >= 0.6 is 11.3 Å². The highest BCUT2D eigenvalue weighted by Crippen LogP contribution is 2.42. The SMILES string of the molecule is CC1(C)Cc2cccc(OCC(=O)NCC3(c4ccsc4)CCCC3)c2O1. The molecule has 0 saturated heterocycles. The predicted octanol–water partition coefficient (Wildman–Crippen LogP) is 4.47. The average molecular weight is 386 g/mol. The number of carbonyl (C=O) groups excluding carboxylic acids is 1. The van der Waals surface area contributed by atoms with Gasteiger partial charge in [-0.1, -0.05) is 25.0 Å². The molecule has 5 heteroatoms. The van der Waals surface area contributed by atoms with Gasteiger partial charge in [0.05, 0.1) is 0 Å². The number of thiophene rings is 1. The molecule has 1 fully saturated rings. The highest BCUT2D eigenvalue weighted by atomic mass is 32.1. The van der Waals surface area contributed by atoms with E-state index in [-0.39, 0.29) is 23.5 Å². The lowest BCUT2D eigenvalue weighted by Crippen LogP contribution is -2.40. The highest BCUT2D eigenvalue weighted by molar-refractivity contribution is 7.08. The predicted molar refractivity (Wildman–Crippen MR) is 108 cm³/mol. The van der Waals surface area contributed by atoms with Gasteiger partial charge in [0.15, 0.2) is 18.1 Å². The summed E-state index contributed by atoms with van der Waals surface area (Å²) in [5.74, 6) is 1.36. The lowest BCUT2D eigenvalue weighted by Gasteiger charge is -2.28. The number of benzene rings is 1. The number of hydrogen-bond acceptors (Lipinski definition) is 4. The molecule has 2 aromatic rings. The van der Waals surface area contributed by atoms with Gasteiger partial charge in [0, 0.05) is 23.9 Å². The van der Waals surface area contributed by atoms with Crippen molar-refractivity contribution in [2.24, 2.45) is 0 Å². The van der Waals surface area contributed by atoms with Gasteiger partial charge in [-0.15, -0.1) is 0 Å². The van der Waals surface area contributed by atoms with Crippen molar-refractivity contribution in [3.05, 3.63) is 46.2 Å². The van der Waals surface area contributed by atoms with Crippen LogP contribution in [0.25, 0.3) is 0 Å². The maximum atomic E-state index is 12.4. The largest absolute Gasteiger partial charge is 0.483 e. The Morgan fingerprint density at radius 1 is 1.26 bits per heavy atom. The fraction of sp³-hybridized carbons (Fsp3) is 0.500. The summed E-state index contributed by atoms with van der Waals surface area (Å²) in [5, 5.41) is 7.45. The molecule has 2 aliphatic rings. The van der Waals surface area contributed by atoms with E-state index in [1.807, 2.05) is 12.1 Å². The second-order valence-electron chi connectivity index (χ2n) is 8.35. The van der Waals surface area contributed by atoms with Crippen molar-refractivity contribution in [1.82, 2.24) is 5.32 Å². The highest BCUT2D eigenvalue weighted by Gasteiger charge is 2.36. The van der Waals surface area contributed by atoms with Crippen molar-refractivity contribution >= 4 is 17.2 Å². The van der Waals surface area contributed by atoms with Gasteiger partial charge in [-0.3, -0.25) is 4.79 Å². The minimum Gasteiger partial charge on any atom is -0.483 e. The van der Waals surface area contributed by atoms with Crippen LogP contribution in [0, 0.1) is 0 Å². The van der Waals surface area contributed by atoms with Crippen LogP contribution in [-0.2, 0) is 16.6 Å². The van der Waals surface area contributed by atoms with Crippen molar-refractivity contribution in [3.8, 4) is 11.5 Å². The molecule has 1 aliphatic heterocycles. The lowest BCUT2D eigenvalue weighted by molar-refractivity contribution is -0.123. The molecule has 27 heavy (non-hydrogen) atoms. The van der Waals surface area contributed by atoms with Gasteiger partial charge < -0.3 is 14.8 Å². The summed E-state index contributed by atoms with van der Waals surface area (Å²) < 4.78 is 11.8. The number of nitrogens with one attached hydrogen (secondary N) is 1. The third kappa shape index (κ3) is 3.84. The Morgan fingerprint density at radius 2 is 2.07 bits per heavy atom. The molecule has 0 atom stereocenters. The quantitative estimate of drug-likeness (QED) is 0.798. The second kappa shape index (κ2) is 7.19. The number of amides is 1. The number of carbonyl (C=O) groups is 1. The van der Waals surface area contributed by atoms with Crippen LogP contribution in [-0.4, -0.2) is 24.7 Å². The van der Waals surface area contributed by atoms with E-state index in [4.69, 9.17) is 9.47 Å². The van der Waals surface area contributed by atoms with Gasteiger partial charge in [-0.2, -0.15) is 11.3 Å². The first-order chi connectivity index (χ1) is 13.0. The third-order valence-electron chi connectivity index (χ3n) is 5.73. The summed E-state index contributed by atoms with van der Waals surface area (Å²) >= 11 is 1.73. The molecule has 0 radical (unpaired) electrons. The van der Waals surface area contributed by atoms with Crippen LogP contribution in [0.5, 0.6) is 11.5 Å². The summed E-state index contributed by atoms with van der Waals surface area (Å²) in [4.78, 5) is 12.4. The van der Waals surface area contributed by atoms with E-state index in [9.17, 15) is 4.79 Å². The Hall–Kier alpha value is -2.01. The minimum atomic E-state index is -0.223. The first-order valence-electron chi connectivity index (χ1n) is 9.71. The van der Waals surface area contributed by atoms with Gasteiger partial charge in [-0.25, -0.2) is 0 Å². The summed E-state index contributed by atoms with van der Waals surface area (Å²) in [6, 6.07) is 8.09. The lowest BCUT2D eigenvalue weighted by atomic mass is 9.80. The number of ether oxygens (including phenoxy) is 2. The Balaban J connectivity index is 1.35. The van der Waals surface area contributed by atoms with E-state index in [2.05, 4.69) is 42.1 Å². The van der Waals surface area contributed by atoms with Gasteiger partial charge in [0.1, 0.15) is 5.60 Å². The van der Waals surface area contributed by atoms with Crippen molar-refractivity contribution in [1.29, 1.82) is 0 Å². The maximum Gasteiger partial charge on any atom is 0.257 e. The van der Waals surface area contributed by atoms with Gasteiger partial charge in [0.2, 0.25) is 0 Å². The van der Waals surface area contributed by atoms with E-state index >= 15 is 0 Å². The number of para-hydroxylation sites is 1. The van der Waals surface area contributed by atoms with Crippen molar-refractivity contribution in [2.45, 2.75) is 57.0 Å². The molecule has 4 nitrogen and oxygen atoms in total. The molecule has 1 aliphatic carbocycles. The molecule has 1 saturated carbocycles. The van der Waals surface area contributed by atoms with E-state index in [1.54, 1.807) is 11.3 Å². The van der Waals surface area contributed by atoms with Crippen LogP contribution in [0.15, 0.2) is 35.0 Å². The Labute approximate surface area is 164 Å².